The smallest absolute Gasteiger partial charge is 0.161 e. The van der Waals surface area contributed by atoms with Gasteiger partial charge in [0.1, 0.15) is 5.82 Å². The van der Waals surface area contributed by atoms with Crippen LogP contribution in [0.4, 0.5) is 0 Å². The third kappa shape index (κ3) is 2.31. The van der Waals surface area contributed by atoms with E-state index in [1.54, 1.807) is 26.6 Å². The van der Waals surface area contributed by atoms with E-state index in [0.717, 1.165) is 17.1 Å². The van der Waals surface area contributed by atoms with Crippen molar-refractivity contribution >= 4 is 0 Å². The van der Waals surface area contributed by atoms with Crippen LogP contribution in [-0.4, -0.2) is 31.2 Å². The zero-order valence-corrected chi connectivity index (χ0v) is 10.7. The van der Waals surface area contributed by atoms with Gasteiger partial charge in [-0.3, -0.25) is 0 Å². The van der Waals surface area contributed by atoms with Crippen LogP contribution in [0.5, 0.6) is 11.5 Å². The molecular weight excluding hydrogens is 230 g/mol. The number of hydrogen-bond acceptors (Lipinski definition) is 4. The third-order valence-electron chi connectivity index (χ3n) is 2.82. The van der Waals surface area contributed by atoms with Crippen LogP contribution in [0.25, 0.3) is 0 Å². The van der Waals surface area contributed by atoms with Gasteiger partial charge in [-0.05, 0) is 24.7 Å². The van der Waals surface area contributed by atoms with Gasteiger partial charge in [-0.2, -0.15) is 0 Å². The number of imidazole rings is 1. The maximum absolute atomic E-state index is 5.31. The van der Waals surface area contributed by atoms with Crippen LogP contribution in [0.1, 0.15) is 17.4 Å². The monoisotopic (exact) mass is 247 g/mol. The van der Waals surface area contributed by atoms with Gasteiger partial charge in [0.05, 0.1) is 20.3 Å². The first-order chi connectivity index (χ1) is 8.80. The van der Waals surface area contributed by atoms with Crippen LogP contribution < -0.4 is 14.8 Å². The molecule has 1 aromatic heterocycles. The van der Waals surface area contributed by atoms with Gasteiger partial charge in [-0.1, -0.05) is 6.07 Å². The number of nitrogens with zero attached hydrogens (tertiary/aromatic N) is 1. The molecule has 0 aliphatic carbocycles. The second kappa shape index (κ2) is 5.55. The van der Waals surface area contributed by atoms with Crippen LogP contribution in [0.2, 0.25) is 0 Å². The lowest BCUT2D eigenvalue weighted by molar-refractivity contribution is 0.354. The zero-order valence-electron chi connectivity index (χ0n) is 10.7. The maximum Gasteiger partial charge on any atom is 0.161 e. The lowest BCUT2D eigenvalue weighted by Gasteiger charge is -2.16. The van der Waals surface area contributed by atoms with E-state index in [0.29, 0.717) is 5.75 Å². The fraction of sp³-hybridized carbons (Fsp3) is 0.308. The first-order valence-corrected chi connectivity index (χ1v) is 5.68. The van der Waals surface area contributed by atoms with Crippen LogP contribution in [0.3, 0.4) is 0 Å². The Morgan fingerprint density at radius 2 is 2.00 bits per heavy atom. The Labute approximate surface area is 106 Å². The van der Waals surface area contributed by atoms with Crippen molar-refractivity contribution in [2.24, 2.45) is 0 Å². The Bertz CT molecular complexity index is 497. The van der Waals surface area contributed by atoms with Crippen LogP contribution in [-0.2, 0) is 0 Å². The minimum absolute atomic E-state index is 0.000180. The van der Waals surface area contributed by atoms with Gasteiger partial charge in [0.25, 0.3) is 0 Å². The summed E-state index contributed by atoms with van der Waals surface area (Å²) in [5.74, 6) is 2.29. The number of H-pyrrole nitrogens is 1. The van der Waals surface area contributed by atoms with Crippen molar-refractivity contribution in [2.75, 3.05) is 21.3 Å². The fourth-order valence-electron chi connectivity index (χ4n) is 1.93. The van der Waals surface area contributed by atoms with Gasteiger partial charge in [-0.25, -0.2) is 4.98 Å². The predicted molar refractivity (Wildman–Crippen MR) is 69.0 cm³/mol. The molecule has 0 spiro atoms. The van der Waals surface area contributed by atoms with E-state index in [1.165, 1.54) is 0 Å². The van der Waals surface area contributed by atoms with Gasteiger partial charge in [0.15, 0.2) is 11.5 Å². The molecule has 0 amide bonds. The second-order valence-electron chi connectivity index (χ2n) is 3.81. The van der Waals surface area contributed by atoms with Gasteiger partial charge >= 0.3 is 0 Å². The molecule has 5 heteroatoms. The standard InChI is InChI=1S/C13H17N3O2/c1-14-12(13-15-6-7-16-13)9-4-5-10(17-2)11(8-9)18-3/h4-8,12,14H,1-3H3,(H,15,16). The summed E-state index contributed by atoms with van der Waals surface area (Å²) in [7, 11) is 5.15. The van der Waals surface area contributed by atoms with Crippen molar-refractivity contribution in [1.29, 1.82) is 0 Å². The molecular formula is C13H17N3O2. The molecule has 0 radical (unpaired) electrons. The second-order valence-corrected chi connectivity index (χ2v) is 3.81. The van der Waals surface area contributed by atoms with Crippen molar-refractivity contribution in [1.82, 2.24) is 15.3 Å². The molecule has 2 rings (SSSR count). The molecule has 0 bridgehead atoms. The molecule has 1 atom stereocenters. The molecule has 1 aromatic carbocycles. The Balaban J connectivity index is 2.37. The highest BCUT2D eigenvalue weighted by molar-refractivity contribution is 5.44. The van der Waals surface area contributed by atoms with Crippen molar-refractivity contribution in [3.8, 4) is 11.5 Å². The molecule has 2 aromatic rings. The molecule has 18 heavy (non-hydrogen) atoms. The minimum atomic E-state index is -0.000180. The summed E-state index contributed by atoms with van der Waals surface area (Å²) in [6, 6.07) is 5.83. The van der Waals surface area contributed by atoms with Crippen molar-refractivity contribution in [3.63, 3.8) is 0 Å². The van der Waals surface area contributed by atoms with E-state index in [9.17, 15) is 0 Å². The van der Waals surface area contributed by atoms with Crippen molar-refractivity contribution in [2.45, 2.75) is 6.04 Å². The van der Waals surface area contributed by atoms with Crippen LogP contribution in [0.15, 0.2) is 30.6 Å². The number of hydrogen-bond donors (Lipinski definition) is 2. The Morgan fingerprint density at radius 1 is 1.22 bits per heavy atom. The lowest BCUT2D eigenvalue weighted by atomic mass is 10.1. The third-order valence-corrected chi connectivity index (χ3v) is 2.82. The average molecular weight is 247 g/mol. The first-order valence-electron chi connectivity index (χ1n) is 5.68. The zero-order chi connectivity index (χ0) is 13.0. The van der Waals surface area contributed by atoms with Crippen LogP contribution in [0, 0.1) is 0 Å². The normalized spacial score (nSPS) is 12.2. The van der Waals surface area contributed by atoms with E-state index in [-0.39, 0.29) is 6.04 Å². The van der Waals surface area contributed by atoms with Gasteiger partial charge in [-0.15, -0.1) is 0 Å². The van der Waals surface area contributed by atoms with Gasteiger partial charge in [0, 0.05) is 12.4 Å². The highest BCUT2D eigenvalue weighted by atomic mass is 16.5. The summed E-state index contributed by atoms with van der Waals surface area (Å²) >= 11 is 0. The topological polar surface area (TPSA) is 59.2 Å². The SMILES string of the molecule is CNC(c1ccc(OC)c(OC)c1)c1ncc[nH]1. The minimum Gasteiger partial charge on any atom is -0.493 e. The summed E-state index contributed by atoms with van der Waals surface area (Å²) < 4.78 is 10.5. The molecule has 96 valence electrons. The number of rotatable bonds is 5. The Hall–Kier alpha value is -2.01. The summed E-state index contributed by atoms with van der Waals surface area (Å²) in [6.07, 6.45) is 3.54. The molecule has 5 nitrogen and oxygen atoms in total. The Kier molecular flexibility index (Phi) is 3.84. The van der Waals surface area contributed by atoms with E-state index < -0.39 is 0 Å². The summed E-state index contributed by atoms with van der Waals surface area (Å²) in [5.41, 5.74) is 1.06. The van der Waals surface area contributed by atoms with E-state index in [4.69, 9.17) is 9.47 Å². The maximum atomic E-state index is 5.31. The van der Waals surface area contributed by atoms with Gasteiger partial charge < -0.3 is 19.8 Å². The predicted octanol–water partition coefficient (Wildman–Crippen LogP) is 1.74. The van der Waals surface area contributed by atoms with E-state index >= 15 is 0 Å². The molecule has 0 fully saturated rings. The number of aromatic nitrogens is 2. The molecule has 1 unspecified atom stereocenters. The molecule has 1 heterocycles. The van der Waals surface area contributed by atoms with E-state index in [1.807, 2.05) is 25.2 Å². The number of benzene rings is 1. The van der Waals surface area contributed by atoms with Crippen LogP contribution >= 0.6 is 0 Å². The lowest BCUT2D eigenvalue weighted by Crippen LogP contribution is -2.19. The summed E-state index contributed by atoms with van der Waals surface area (Å²) in [5, 5.41) is 3.22. The van der Waals surface area contributed by atoms with E-state index in [2.05, 4.69) is 15.3 Å². The number of aromatic amines is 1. The fourth-order valence-corrected chi connectivity index (χ4v) is 1.93. The summed E-state index contributed by atoms with van der Waals surface area (Å²) in [6.45, 7) is 0. The van der Waals surface area contributed by atoms with Crippen molar-refractivity contribution in [3.05, 3.63) is 42.0 Å². The van der Waals surface area contributed by atoms with Crippen molar-refractivity contribution < 1.29 is 9.47 Å². The average Bonchev–Trinajstić information content (AvgIpc) is 2.93. The molecule has 0 saturated carbocycles. The summed E-state index contributed by atoms with van der Waals surface area (Å²) in [4.78, 5) is 7.38. The first kappa shape index (κ1) is 12.4. The highest BCUT2D eigenvalue weighted by Crippen LogP contribution is 2.31. The number of ether oxygens (including phenoxy) is 2. The largest absolute Gasteiger partial charge is 0.493 e. The molecule has 0 aliphatic heterocycles. The van der Waals surface area contributed by atoms with Gasteiger partial charge in [0.2, 0.25) is 0 Å². The molecule has 2 N–H and O–H groups in total. The quantitative estimate of drug-likeness (QED) is 0.845. The number of nitrogens with one attached hydrogen (secondary N) is 2. The highest BCUT2D eigenvalue weighted by Gasteiger charge is 2.16. The number of methoxy groups -OCH3 is 2. The molecule has 0 aliphatic rings. The molecule has 0 saturated heterocycles. The Morgan fingerprint density at radius 3 is 2.56 bits per heavy atom.